The minimum Gasteiger partial charge on any atom is -0.494 e. The highest BCUT2D eigenvalue weighted by Crippen LogP contribution is 2.21. The number of aromatic amines is 1. The second kappa shape index (κ2) is 6.16. The van der Waals surface area contributed by atoms with E-state index in [9.17, 15) is 9.90 Å². The molecule has 2 heterocycles. The van der Waals surface area contributed by atoms with Gasteiger partial charge >= 0.3 is 0 Å². The van der Waals surface area contributed by atoms with Gasteiger partial charge in [-0.05, 0) is 35.9 Å². The van der Waals surface area contributed by atoms with Crippen LogP contribution in [0.3, 0.4) is 0 Å². The zero-order valence-corrected chi connectivity index (χ0v) is 14.2. The highest BCUT2D eigenvalue weighted by molar-refractivity contribution is 6.30. The molecule has 26 heavy (non-hydrogen) atoms. The fourth-order valence-electron chi connectivity index (χ4n) is 2.79. The summed E-state index contributed by atoms with van der Waals surface area (Å²) in [5.74, 6) is -0.379. The number of rotatable bonds is 2. The van der Waals surface area contributed by atoms with Crippen molar-refractivity contribution in [2.45, 2.75) is 0 Å². The Morgan fingerprint density at radius 3 is 2.50 bits per heavy atom. The third-order valence-electron chi connectivity index (χ3n) is 4.04. The zero-order valence-electron chi connectivity index (χ0n) is 13.4. The molecule has 1 aliphatic rings. The first-order valence-corrected chi connectivity index (χ1v) is 8.17. The Labute approximate surface area is 152 Å². The fraction of sp³-hybridized carbons (Fsp3) is 0. The number of amidine groups is 1. The Morgan fingerprint density at radius 2 is 1.81 bits per heavy atom. The summed E-state index contributed by atoms with van der Waals surface area (Å²) in [4.78, 5) is 14.8. The van der Waals surface area contributed by atoms with Gasteiger partial charge in [0.25, 0.3) is 5.56 Å². The molecule has 1 aliphatic heterocycles. The summed E-state index contributed by atoms with van der Waals surface area (Å²) in [6, 6.07) is 16.1. The van der Waals surface area contributed by atoms with Crippen LogP contribution in [0.15, 0.2) is 64.5 Å². The number of fused-ring (bicyclic) bond motifs is 1. The summed E-state index contributed by atoms with van der Waals surface area (Å²) in [6.07, 6.45) is 1.65. The third-order valence-corrected chi connectivity index (χ3v) is 4.29. The molecule has 0 aliphatic carbocycles. The summed E-state index contributed by atoms with van der Waals surface area (Å²) < 4.78 is 0. The molecule has 2 aromatic carbocycles. The predicted molar refractivity (Wildman–Crippen MR) is 100 cm³/mol. The van der Waals surface area contributed by atoms with Crippen LogP contribution in [0.1, 0.15) is 11.1 Å². The molecule has 0 unspecified atom stereocenters. The smallest absolute Gasteiger partial charge is 0.260 e. The number of para-hydroxylation sites is 1. The van der Waals surface area contributed by atoms with Crippen molar-refractivity contribution < 1.29 is 5.11 Å². The van der Waals surface area contributed by atoms with E-state index in [-0.39, 0.29) is 27.9 Å². The monoisotopic (exact) mass is 364 g/mol. The Hall–Kier alpha value is -3.38. The van der Waals surface area contributed by atoms with E-state index in [1.54, 1.807) is 42.5 Å². The Bertz CT molecular complexity index is 1190. The molecule has 1 aromatic heterocycles. The second-order valence-corrected chi connectivity index (χ2v) is 6.17. The molecule has 0 atom stereocenters. The van der Waals surface area contributed by atoms with Gasteiger partial charge < -0.3 is 5.11 Å². The molecular weight excluding hydrogens is 352 g/mol. The number of H-pyrrole nitrogens is 1. The second-order valence-electron chi connectivity index (χ2n) is 5.73. The van der Waals surface area contributed by atoms with Crippen LogP contribution in [0.2, 0.25) is 5.02 Å². The molecule has 128 valence electrons. The van der Waals surface area contributed by atoms with Crippen LogP contribution in [0, 0.1) is 5.41 Å². The number of anilines is 1. The lowest BCUT2D eigenvalue weighted by molar-refractivity contribution is 0.449. The molecule has 0 spiro atoms. The highest BCUT2D eigenvalue weighted by atomic mass is 35.5. The molecule has 0 saturated heterocycles. The van der Waals surface area contributed by atoms with Gasteiger partial charge in [-0.15, -0.1) is 0 Å². The van der Waals surface area contributed by atoms with Crippen molar-refractivity contribution in [2.24, 2.45) is 5.10 Å². The first kappa shape index (κ1) is 16.1. The minimum absolute atomic E-state index is 0.00861. The molecule has 3 aromatic rings. The normalized spacial score (nSPS) is 13.7. The number of halogens is 1. The molecule has 0 fully saturated rings. The maximum absolute atomic E-state index is 12.4. The lowest BCUT2D eigenvalue weighted by atomic mass is 10.1. The quantitative estimate of drug-likeness (QED) is 0.648. The Balaban J connectivity index is 1.98. The minimum atomic E-state index is -0.484. The maximum Gasteiger partial charge on any atom is 0.260 e. The van der Waals surface area contributed by atoms with Gasteiger partial charge in [0.2, 0.25) is 5.88 Å². The van der Waals surface area contributed by atoms with Crippen LogP contribution < -0.4 is 21.1 Å². The molecule has 4 rings (SSSR count). The summed E-state index contributed by atoms with van der Waals surface area (Å²) in [7, 11) is 0. The summed E-state index contributed by atoms with van der Waals surface area (Å²) >= 11 is 5.90. The molecular formula is C19H13ClN4O2. The van der Waals surface area contributed by atoms with Gasteiger partial charge in [0, 0.05) is 5.02 Å². The summed E-state index contributed by atoms with van der Waals surface area (Å²) in [5, 5.41) is 25.4. The van der Waals surface area contributed by atoms with Gasteiger partial charge in [-0.2, -0.15) is 5.10 Å². The van der Waals surface area contributed by atoms with Crippen molar-refractivity contribution in [1.29, 1.82) is 5.41 Å². The number of hydrogen-bond donors (Lipinski definition) is 3. The first-order chi connectivity index (χ1) is 12.5. The van der Waals surface area contributed by atoms with Crippen molar-refractivity contribution in [3.8, 4) is 5.88 Å². The van der Waals surface area contributed by atoms with Crippen LogP contribution >= 0.6 is 11.6 Å². The number of aromatic nitrogens is 1. The van der Waals surface area contributed by atoms with Crippen LogP contribution in [-0.2, 0) is 0 Å². The topological polar surface area (TPSA) is 92.5 Å². The van der Waals surface area contributed by atoms with E-state index in [1.165, 1.54) is 5.01 Å². The van der Waals surface area contributed by atoms with Crippen molar-refractivity contribution in [2.75, 3.05) is 5.01 Å². The van der Waals surface area contributed by atoms with E-state index in [2.05, 4.69) is 10.1 Å². The number of nitrogens with zero attached hydrogens (tertiary/aromatic N) is 2. The maximum atomic E-state index is 12.4. The van der Waals surface area contributed by atoms with E-state index in [1.807, 2.05) is 18.2 Å². The number of benzene rings is 2. The van der Waals surface area contributed by atoms with Gasteiger partial charge in [-0.25, -0.2) is 5.01 Å². The molecule has 0 bridgehead atoms. The van der Waals surface area contributed by atoms with Crippen molar-refractivity contribution in [3.63, 3.8) is 0 Å². The van der Waals surface area contributed by atoms with Gasteiger partial charge in [0.1, 0.15) is 10.9 Å². The molecule has 0 amide bonds. The van der Waals surface area contributed by atoms with E-state index < -0.39 is 5.56 Å². The number of nitrogens with one attached hydrogen (secondary N) is 2. The summed E-state index contributed by atoms with van der Waals surface area (Å²) in [6.45, 7) is 0. The predicted octanol–water partition coefficient (Wildman–Crippen LogP) is 1.94. The average Bonchev–Trinajstić information content (AvgIpc) is 2.99. The average molecular weight is 365 g/mol. The van der Waals surface area contributed by atoms with Crippen LogP contribution in [0.5, 0.6) is 5.88 Å². The van der Waals surface area contributed by atoms with Crippen molar-refractivity contribution in [3.05, 3.63) is 91.7 Å². The fourth-order valence-corrected chi connectivity index (χ4v) is 2.92. The van der Waals surface area contributed by atoms with Gasteiger partial charge in [-0.3, -0.25) is 15.2 Å². The molecule has 0 radical (unpaired) electrons. The van der Waals surface area contributed by atoms with E-state index in [4.69, 9.17) is 17.0 Å². The SMILES string of the molecule is N=C1c2c(O)[nH]c(=O)/c(=C/c3ccc(Cl)cc3)c2=NN1c1ccccc1. The standard InChI is InChI=1S/C19H13ClN4O2/c20-12-8-6-11(7-9-12)10-14-16-15(19(26)22-18(14)25)17(21)24(23-16)13-4-2-1-3-5-13/h1-10,21,26H,(H,22,25)/b14-10+,21-17?. The van der Waals surface area contributed by atoms with E-state index >= 15 is 0 Å². The highest BCUT2D eigenvalue weighted by Gasteiger charge is 2.26. The lowest BCUT2D eigenvalue weighted by Crippen LogP contribution is -2.42. The van der Waals surface area contributed by atoms with Gasteiger partial charge in [0.15, 0.2) is 5.84 Å². The Kier molecular flexibility index (Phi) is 3.82. The molecule has 6 nitrogen and oxygen atoms in total. The van der Waals surface area contributed by atoms with E-state index in [0.717, 1.165) is 5.56 Å². The van der Waals surface area contributed by atoms with Crippen molar-refractivity contribution in [1.82, 2.24) is 4.98 Å². The first-order valence-electron chi connectivity index (χ1n) is 7.80. The zero-order chi connectivity index (χ0) is 18.3. The van der Waals surface area contributed by atoms with Crippen molar-refractivity contribution >= 4 is 29.2 Å². The molecule has 7 heteroatoms. The van der Waals surface area contributed by atoms with Gasteiger partial charge in [-0.1, -0.05) is 41.9 Å². The summed E-state index contributed by atoms with van der Waals surface area (Å²) in [5.41, 5.74) is 1.13. The van der Waals surface area contributed by atoms with E-state index in [0.29, 0.717) is 10.7 Å². The van der Waals surface area contributed by atoms with Crippen LogP contribution in [0.25, 0.3) is 6.08 Å². The number of aromatic hydroxyl groups is 1. The Morgan fingerprint density at radius 1 is 1.12 bits per heavy atom. The van der Waals surface area contributed by atoms with Crippen LogP contribution in [-0.4, -0.2) is 15.9 Å². The molecule has 3 N–H and O–H groups in total. The largest absolute Gasteiger partial charge is 0.494 e. The number of hydrogen-bond acceptors (Lipinski definition) is 4. The number of pyridine rings is 1. The van der Waals surface area contributed by atoms with Gasteiger partial charge in [0.05, 0.1) is 10.9 Å². The lowest BCUT2D eigenvalue weighted by Gasteiger charge is -2.13. The molecule has 0 saturated carbocycles. The third kappa shape index (κ3) is 2.66. The van der Waals surface area contributed by atoms with Crippen LogP contribution in [0.4, 0.5) is 5.69 Å².